The molecule has 0 unspecified atom stereocenters. The van der Waals surface area contributed by atoms with Crippen LogP contribution in [0.3, 0.4) is 0 Å². The van der Waals surface area contributed by atoms with Gasteiger partial charge in [-0.05, 0) is 61.5 Å². The summed E-state index contributed by atoms with van der Waals surface area (Å²) in [7, 11) is 0. The van der Waals surface area contributed by atoms with Crippen LogP contribution in [0.25, 0.3) is 0 Å². The highest BCUT2D eigenvalue weighted by Gasteiger charge is 2.07. The number of aromatic nitrogens is 1. The normalized spacial score (nSPS) is 10.2. The molecule has 5 heteroatoms. The number of pyridine rings is 1. The topological polar surface area (TPSA) is 63.2 Å². The van der Waals surface area contributed by atoms with Crippen LogP contribution in [-0.2, 0) is 6.54 Å². The van der Waals surface area contributed by atoms with Crippen molar-refractivity contribution in [3.05, 3.63) is 84.2 Å². The molecule has 0 saturated heterocycles. The summed E-state index contributed by atoms with van der Waals surface area (Å²) in [5.41, 5.74) is 3.24. The summed E-state index contributed by atoms with van der Waals surface area (Å²) in [5.74, 6) is 0.523. The third kappa shape index (κ3) is 4.83. The lowest BCUT2D eigenvalue weighted by molar-refractivity contribution is 0.102. The van der Waals surface area contributed by atoms with E-state index in [2.05, 4.69) is 15.6 Å². The molecule has 0 fully saturated rings. The minimum absolute atomic E-state index is 0.166. The van der Waals surface area contributed by atoms with Crippen molar-refractivity contribution in [2.45, 2.75) is 13.5 Å². The molecule has 3 aromatic rings. The number of hydrogen-bond donors (Lipinski definition) is 2. The Labute approximate surface area is 153 Å². The highest BCUT2D eigenvalue weighted by molar-refractivity contribution is 6.04. The standard InChI is InChI=1S/C21H21N3O2/c1-2-26-20-8-5-6-16(14-20)21(25)24-18-11-9-17(10-12-18)23-15-19-7-3-4-13-22-19/h3-14,23H,2,15H2,1H3,(H,24,25). The van der Waals surface area contributed by atoms with Crippen molar-refractivity contribution in [2.24, 2.45) is 0 Å². The molecule has 0 aliphatic heterocycles. The predicted octanol–water partition coefficient (Wildman–Crippen LogP) is 4.34. The highest BCUT2D eigenvalue weighted by atomic mass is 16.5. The fourth-order valence-corrected chi connectivity index (χ4v) is 2.46. The van der Waals surface area contributed by atoms with Gasteiger partial charge < -0.3 is 15.4 Å². The lowest BCUT2D eigenvalue weighted by atomic mass is 10.2. The zero-order chi connectivity index (χ0) is 18.2. The summed E-state index contributed by atoms with van der Waals surface area (Å²) >= 11 is 0. The Morgan fingerprint density at radius 3 is 2.54 bits per heavy atom. The van der Waals surface area contributed by atoms with Gasteiger partial charge in [-0.1, -0.05) is 12.1 Å². The summed E-state index contributed by atoms with van der Waals surface area (Å²) in [5, 5.41) is 6.20. The third-order valence-electron chi connectivity index (χ3n) is 3.75. The van der Waals surface area contributed by atoms with Crippen molar-refractivity contribution in [3.8, 4) is 5.75 Å². The molecule has 0 spiro atoms. The number of benzene rings is 2. The quantitative estimate of drug-likeness (QED) is 0.667. The summed E-state index contributed by atoms with van der Waals surface area (Å²) in [6.07, 6.45) is 1.77. The second kappa shape index (κ2) is 8.67. The average Bonchev–Trinajstić information content (AvgIpc) is 2.69. The van der Waals surface area contributed by atoms with E-state index < -0.39 is 0 Å². The number of amides is 1. The maximum absolute atomic E-state index is 12.4. The first-order chi connectivity index (χ1) is 12.7. The van der Waals surface area contributed by atoms with Crippen molar-refractivity contribution < 1.29 is 9.53 Å². The van der Waals surface area contributed by atoms with Gasteiger partial charge in [-0.15, -0.1) is 0 Å². The first-order valence-electron chi connectivity index (χ1n) is 8.52. The Morgan fingerprint density at radius 1 is 1.00 bits per heavy atom. The number of anilines is 2. The zero-order valence-electron chi connectivity index (χ0n) is 14.6. The van der Waals surface area contributed by atoms with E-state index in [1.165, 1.54) is 0 Å². The highest BCUT2D eigenvalue weighted by Crippen LogP contribution is 2.17. The van der Waals surface area contributed by atoms with Crippen LogP contribution in [0.4, 0.5) is 11.4 Å². The van der Waals surface area contributed by atoms with E-state index in [1.807, 2.05) is 61.5 Å². The van der Waals surface area contributed by atoms with Crippen molar-refractivity contribution in [3.63, 3.8) is 0 Å². The number of nitrogens with one attached hydrogen (secondary N) is 2. The minimum Gasteiger partial charge on any atom is -0.494 e. The Hall–Kier alpha value is -3.34. The molecule has 1 heterocycles. The number of carbonyl (C=O) groups is 1. The molecule has 0 saturated carbocycles. The Kier molecular flexibility index (Phi) is 5.83. The van der Waals surface area contributed by atoms with Gasteiger partial charge in [0.05, 0.1) is 18.8 Å². The van der Waals surface area contributed by atoms with E-state index in [1.54, 1.807) is 18.3 Å². The average molecular weight is 347 g/mol. The van der Waals surface area contributed by atoms with Gasteiger partial charge in [-0.25, -0.2) is 0 Å². The molecule has 2 N–H and O–H groups in total. The Balaban J connectivity index is 1.58. The maximum Gasteiger partial charge on any atom is 0.255 e. The molecule has 0 aliphatic rings. The van der Waals surface area contributed by atoms with E-state index in [4.69, 9.17) is 4.74 Å². The van der Waals surface area contributed by atoms with Gasteiger partial charge in [0.15, 0.2) is 0 Å². The number of nitrogens with zero attached hydrogens (tertiary/aromatic N) is 1. The molecule has 3 rings (SSSR count). The molecular formula is C21H21N3O2. The summed E-state index contributed by atoms with van der Waals surface area (Å²) in [6.45, 7) is 3.13. The van der Waals surface area contributed by atoms with Gasteiger partial charge in [0.25, 0.3) is 5.91 Å². The minimum atomic E-state index is -0.166. The molecule has 26 heavy (non-hydrogen) atoms. The fourth-order valence-electron chi connectivity index (χ4n) is 2.46. The lowest BCUT2D eigenvalue weighted by Crippen LogP contribution is -2.12. The van der Waals surface area contributed by atoms with E-state index in [9.17, 15) is 4.79 Å². The van der Waals surface area contributed by atoms with Crippen molar-refractivity contribution in [2.75, 3.05) is 17.2 Å². The van der Waals surface area contributed by atoms with Crippen LogP contribution in [0, 0.1) is 0 Å². The first-order valence-corrected chi connectivity index (χ1v) is 8.52. The van der Waals surface area contributed by atoms with Gasteiger partial charge in [0.1, 0.15) is 5.75 Å². The van der Waals surface area contributed by atoms with E-state index in [0.717, 1.165) is 17.1 Å². The molecule has 0 aliphatic carbocycles. The number of rotatable bonds is 7. The first kappa shape index (κ1) is 17.5. The molecule has 1 aromatic heterocycles. The smallest absolute Gasteiger partial charge is 0.255 e. The van der Waals surface area contributed by atoms with Gasteiger partial charge in [0.2, 0.25) is 0 Å². The fraction of sp³-hybridized carbons (Fsp3) is 0.143. The van der Waals surface area contributed by atoms with Crippen molar-refractivity contribution >= 4 is 17.3 Å². The van der Waals surface area contributed by atoms with Crippen LogP contribution < -0.4 is 15.4 Å². The summed E-state index contributed by atoms with van der Waals surface area (Å²) in [4.78, 5) is 16.7. The summed E-state index contributed by atoms with van der Waals surface area (Å²) in [6, 6.07) is 20.6. The molecule has 0 radical (unpaired) electrons. The lowest BCUT2D eigenvalue weighted by Gasteiger charge is -2.09. The molecule has 1 amide bonds. The second-order valence-electron chi connectivity index (χ2n) is 5.67. The Morgan fingerprint density at radius 2 is 1.81 bits per heavy atom. The number of ether oxygens (including phenoxy) is 1. The van der Waals surface area contributed by atoms with Gasteiger partial charge in [-0.3, -0.25) is 9.78 Å². The SMILES string of the molecule is CCOc1cccc(C(=O)Nc2ccc(NCc3ccccn3)cc2)c1. The molecule has 0 atom stereocenters. The van der Waals surface area contributed by atoms with Gasteiger partial charge in [-0.2, -0.15) is 0 Å². The predicted molar refractivity (Wildman–Crippen MR) is 104 cm³/mol. The number of carbonyl (C=O) groups excluding carboxylic acids is 1. The molecule has 5 nitrogen and oxygen atoms in total. The maximum atomic E-state index is 12.4. The summed E-state index contributed by atoms with van der Waals surface area (Å²) < 4.78 is 5.43. The number of hydrogen-bond acceptors (Lipinski definition) is 4. The van der Waals surface area contributed by atoms with E-state index in [-0.39, 0.29) is 5.91 Å². The van der Waals surface area contributed by atoms with Crippen LogP contribution in [0.1, 0.15) is 23.0 Å². The molecule has 2 aromatic carbocycles. The second-order valence-corrected chi connectivity index (χ2v) is 5.67. The Bertz CT molecular complexity index is 849. The van der Waals surface area contributed by atoms with Crippen molar-refractivity contribution in [1.29, 1.82) is 0 Å². The molecule has 0 bridgehead atoms. The van der Waals surface area contributed by atoms with Crippen molar-refractivity contribution in [1.82, 2.24) is 4.98 Å². The monoisotopic (exact) mass is 347 g/mol. The van der Waals surface area contributed by atoms with E-state index in [0.29, 0.717) is 24.5 Å². The van der Waals surface area contributed by atoms with Crippen LogP contribution in [0.5, 0.6) is 5.75 Å². The van der Waals surface area contributed by atoms with Gasteiger partial charge in [0, 0.05) is 23.1 Å². The largest absolute Gasteiger partial charge is 0.494 e. The van der Waals surface area contributed by atoms with E-state index >= 15 is 0 Å². The molecule has 132 valence electrons. The van der Waals surface area contributed by atoms with Crippen LogP contribution in [0.15, 0.2) is 72.9 Å². The third-order valence-corrected chi connectivity index (χ3v) is 3.75. The molecular weight excluding hydrogens is 326 g/mol. The van der Waals surface area contributed by atoms with Crippen LogP contribution >= 0.6 is 0 Å². The van der Waals surface area contributed by atoms with Crippen LogP contribution in [0.2, 0.25) is 0 Å². The van der Waals surface area contributed by atoms with Gasteiger partial charge >= 0.3 is 0 Å². The zero-order valence-corrected chi connectivity index (χ0v) is 14.6. The van der Waals surface area contributed by atoms with Crippen LogP contribution in [-0.4, -0.2) is 17.5 Å².